The summed E-state index contributed by atoms with van der Waals surface area (Å²) in [7, 11) is 0. The fourth-order valence-corrected chi connectivity index (χ4v) is 1.72. The molecule has 6 nitrogen and oxygen atoms in total. The Bertz CT molecular complexity index is 610. The Labute approximate surface area is 108 Å². The van der Waals surface area contributed by atoms with E-state index >= 15 is 0 Å². The standard InChI is InChI=1S/C12H12FN3O3/c1-8(17)10-5-14-15(7-10)6-9-4-11(13)2-3-12(9)16(18)19/h2-5,7-8,17H,6H2,1H3. The minimum Gasteiger partial charge on any atom is -0.389 e. The molecule has 1 N–H and O–H groups in total. The lowest BCUT2D eigenvalue weighted by atomic mass is 10.1. The molecule has 0 saturated heterocycles. The van der Waals surface area contributed by atoms with Crippen molar-refractivity contribution in [3.63, 3.8) is 0 Å². The van der Waals surface area contributed by atoms with Crippen LogP contribution in [0.1, 0.15) is 24.2 Å². The molecular formula is C12H12FN3O3. The molecule has 0 amide bonds. The van der Waals surface area contributed by atoms with Gasteiger partial charge in [0.25, 0.3) is 5.69 Å². The molecule has 0 fully saturated rings. The van der Waals surface area contributed by atoms with Crippen molar-refractivity contribution in [3.05, 3.63) is 57.7 Å². The van der Waals surface area contributed by atoms with Crippen molar-refractivity contribution in [3.8, 4) is 0 Å². The van der Waals surface area contributed by atoms with Gasteiger partial charge in [0.05, 0.1) is 29.3 Å². The normalized spacial score (nSPS) is 12.4. The highest BCUT2D eigenvalue weighted by molar-refractivity contribution is 5.40. The third-order valence-corrected chi connectivity index (χ3v) is 2.71. The Hall–Kier alpha value is -2.28. The summed E-state index contributed by atoms with van der Waals surface area (Å²) in [5, 5.41) is 24.2. The molecule has 2 rings (SSSR count). The van der Waals surface area contributed by atoms with E-state index in [0.29, 0.717) is 5.56 Å². The van der Waals surface area contributed by atoms with Crippen LogP contribution < -0.4 is 0 Å². The monoisotopic (exact) mass is 265 g/mol. The van der Waals surface area contributed by atoms with Crippen LogP contribution in [0.2, 0.25) is 0 Å². The minimum absolute atomic E-state index is 0.0702. The summed E-state index contributed by atoms with van der Waals surface area (Å²) in [6.07, 6.45) is 2.37. The zero-order chi connectivity index (χ0) is 14.0. The Morgan fingerprint density at radius 2 is 2.32 bits per heavy atom. The van der Waals surface area contributed by atoms with E-state index in [4.69, 9.17) is 0 Å². The van der Waals surface area contributed by atoms with Crippen LogP contribution in [0.4, 0.5) is 10.1 Å². The van der Waals surface area contributed by atoms with Gasteiger partial charge in [0.15, 0.2) is 0 Å². The molecule has 7 heteroatoms. The summed E-state index contributed by atoms with van der Waals surface area (Å²) in [5.74, 6) is -0.538. The van der Waals surface area contributed by atoms with E-state index in [0.717, 1.165) is 18.2 Å². The first-order chi connectivity index (χ1) is 8.97. The van der Waals surface area contributed by atoms with Gasteiger partial charge in [-0.15, -0.1) is 0 Å². The summed E-state index contributed by atoms with van der Waals surface area (Å²) < 4.78 is 14.6. The number of hydrogen-bond acceptors (Lipinski definition) is 4. The average molecular weight is 265 g/mol. The number of benzene rings is 1. The van der Waals surface area contributed by atoms with Crippen LogP contribution in [0.15, 0.2) is 30.6 Å². The van der Waals surface area contributed by atoms with E-state index in [9.17, 15) is 19.6 Å². The summed E-state index contributed by atoms with van der Waals surface area (Å²) in [5.41, 5.74) is 0.666. The second kappa shape index (κ2) is 5.15. The molecule has 0 saturated carbocycles. The molecule has 1 heterocycles. The fourth-order valence-electron chi connectivity index (χ4n) is 1.72. The number of hydrogen-bond donors (Lipinski definition) is 1. The Kier molecular flexibility index (Phi) is 3.57. The smallest absolute Gasteiger partial charge is 0.274 e. The lowest BCUT2D eigenvalue weighted by Crippen LogP contribution is -2.04. The largest absolute Gasteiger partial charge is 0.389 e. The van der Waals surface area contributed by atoms with Gasteiger partial charge < -0.3 is 5.11 Å². The van der Waals surface area contributed by atoms with Crippen LogP contribution in [-0.4, -0.2) is 19.8 Å². The van der Waals surface area contributed by atoms with Crippen molar-refractivity contribution in [1.82, 2.24) is 9.78 Å². The topological polar surface area (TPSA) is 81.2 Å². The Balaban J connectivity index is 2.31. The maximum Gasteiger partial charge on any atom is 0.274 e. The van der Waals surface area contributed by atoms with Gasteiger partial charge in [0.2, 0.25) is 0 Å². The third kappa shape index (κ3) is 2.94. The SMILES string of the molecule is CC(O)c1cnn(Cc2cc(F)ccc2[N+](=O)[O-])c1. The number of nitro benzene ring substituents is 1. The van der Waals surface area contributed by atoms with Gasteiger partial charge in [-0.2, -0.15) is 5.10 Å². The zero-order valence-electron chi connectivity index (χ0n) is 10.2. The maximum absolute atomic E-state index is 13.2. The van der Waals surface area contributed by atoms with E-state index in [1.54, 1.807) is 13.1 Å². The summed E-state index contributed by atoms with van der Waals surface area (Å²) in [6.45, 7) is 1.66. The van der Waals surface area contributed by atoms with Gasteiger partial charge in [-0.3, -0.25) is 14.8 Å². The molecule has 0 radical (unpaired) electrons. The van der Waals surface area contributed by atoms with Gasteiger partial charge in [-0.25, -0.2) is 4.39 Å². The van der Waals surface area contributed by atoms with Crippen LogP contribution >= 0.6 is 0 Å². The molecule has 100 valence electrons. The predicted molar refractivity (Wildman–Crippen MR) is 65.0 cm³/mol. The van der Waals surface area contributed by atoms with Crippen molar-refractivity contribution in [1.29, 1.82) is 0 Å². The van der Waals surface area contributed by atoms with Crippen LogP contribution in [-0.2, 0) is 6.54 Å². The second-order valence-corrected chi connectivity index (χ2v) is 4.18. The first kappa shape index (κ1) is 13.2. The number of aliphatic hydroxyl groups excluding tert-OH is 1. The van der Waals surface area contributed by atoms with Gasteiger partial charge in [-0.1, -0.05) is 0 Å². The lowest BCUT2D eigenvalue weighted by molar-refractivity contribution is -0.385. The first-order valence-electron chi connectivity index (χ1n) is 5.60. The van der Waals surface area contributed by atoms with E-state index in [1.165, 1.54) is 10.9 Å². The molecule has 1 aromatic carbocycles. The molecular weight excluding hydrogens is 253 g/mol. The molecule has 19 heavy (non-hydrogen) atoms. The van der Waals surface area contributed by atoms with Crippen molar-refractivity contribution in [2.45, 2.75) is 19.6 Å². The molecule has 0 aliphatic heterocycles. The van der Waals surface area contributed by atoms with Crippen molar-refractivity contribution in [2.24, 2.45) is 0 Å². The van der Waals surface area contributed by atoms with Gasteiger partial charge in [0, 0.05) is 17.8 Å². The second-order valence-electron chi connectivity index (χ2n) is 4.18. The van der Waals surface area contributed by atoms with Gasteiger partial charge in [0.1, 0.15) is 5.82 Å². The molecule has 2 aromatic rings. The van der Waals surface area contributed by atoms with Gasteiger partial charge >= 0.3 is 0 Å². The number of nitrogens with zero attached hydrogens (tertiary/aromatic N) is 3. The third-order valence-electron chi connectivity index (χ3n) is 2.71. The molecule has 1 unspecified atom stereocenters. The molecule has 1 aromatic heterocycles. The molecule has 0 aliphatic carbocycles. The first-order valence-corrected chi connectivity index (χ1v) is 5.60. The fraction of sp³-hybridized carbons (Fsp3) is 0.250. The highest BCUT2D eigenvalue weighted by atomic mass is 19.1. The van der Waals surface area contributed by atoms with Crippen molar-refractivity contribution in [2.75, 3.05) is 0 Å². The van der Waals surface area contributed by atoms with Crippen LogP contribution in [0.5, 0.6) is 0 Å². The van der Waals surface area contributed by atoms with Crippen molar-refractivity contribution >= 4 is 5.69 Å². The number of aromatic nitrogens is 2. The average Bonchev–Trinajstić information content (AvgIpc) is 2.77. The zero-order valence-corrected chi connectivity index (χ0v) is 10.2. The quantitative estimate of drug-likeness (QED) is 0.677. The number of halogens is 1. The molecule has 1 atom stereocenters. The van der Waals surface area contributed by atoms with Crippen LogP contribution in [0.25, 0.3) is 0 Å². The highest BCUT2D eigenvalue weighted by Gasteiger charge is 2.15. The van der Waals surface area contributed by atoms with E-state index in [-0.39, 0.29) is 17.8 Å². The molecule has 0 spiro atoms. The number of rotatable bonds is 4. The lowest BCUT2D eigenvalue weighted by Gasteiger charge is -2.04. The van der Waals surface area contributed by atoms with E-state index in [1.807, 2.05) is 0 Å². The Morgan fingerprint density at radius 1 is 1.58 bits per heavy atom. The van der Waals surface area contributed by atoms with Gasteiger partial charge in [-0.05, 0) is 19.1 Å². The maximum atomic E-state index is 13.2. The van der Waals surface area contributed by atoms with Crippen LogP contribution in [0, 0.1) is 15.9 Å². The van der Waals surface area contributed by atoms with E-state index in [2.05, 4.69) is 5.10 Å². The van der Waals surface area contributed by atoms with E-state index < -0.39 is 16.8 Å². The summed E-state index contributed by atoms with van der Waals surface area (Å²) in [4.78, 5) is 10.3. The van der Waals surface area contributed by atoms with Crippen LogP contribution in [0.3, 0.4) is 0 Å². The molecule has 0 aliphatic rings. The summed E-state index contributed by atoms with van der Waals surface area (Å²) in [6, 6.07) is 3.29. The minimum atomic E-state index is -0.670. The number of aliphatic hydroxyl groups is 1. The predicted octanol–water partition coefficient (Wildman–Crippen LogP) is 2.03. The number of nitro groups is 1. The highest BCUT2D eigenvalue weighted by Crippen LogP contribution is 2.21. The molecule has 0 bridgehead atoms. The Morgan fingerprint density at radius 3 is 2.89 bits per heavy atom. The summed E-state index contributed by atoms with van der Waals surface area (Å²) >= 11 is 0. The van der Waals surface area contributed by atoms with Crippen molar-refractivity contribution < 1.29 is 14.4 Å².